The number of rotatable bonds is 8. The SMILES string of the molecule is COCc1nc(-c2cccc(CN3CCN(C(=O)C4CC(=O)N(Cc5ccccc5)C4)CC3)c2)no1. The Hall–Kier alpha value is -3.56. The average Bonchev–Trinajstić information content (AvgIpc) is 3.52. The van der Waals surface area contributed by atoms with E-state index < -0.39 is 0 Å². The zero-order valence-corrected chi connectivity index (χ0v) is 20.5. The monoisotopic (exact) mass is 489 g/mol. The van der Waals surface area contributed by atoms with Crippen LogP contribution in [-0.4, -0.2) is 76.5 Å². The first-order chi connectivity index (χ1) is 17.6. The molecule has 2 saturated heterocycles. The molecule has 1 atom stereocenters. The second-order valence-electron chi connectivity index (χ2n) is 9.41. The van der Waals surface area contributed by atoms with Gasteiger partial charge >= 0.3 is 0 Å². The average molecular weight is 490 g/mol. The third kappa shape index (κ3) is 5.63. The van der Waals surface area contributed by atoms with Gasteiger partial charge in [0, 0.05) is 64.9 Å². The minimum Gasteiger partial charge on any atom is -0.375 e. The molecule has 0 N–H and O–H groups in total. The lowest BCUT2D eigenvalue weighted by Crippen LogP contribution is -2.50. The summed E-state index contributed by atoms with van der Waals surface area (Å²) in [4.78, 5) is 36.1. The maximum absolute atomic E-state index is 13.2. The van der Waals surface area contributed by atoms with Gasteiger partial charge in [-0.3, -0.25) is 14.5 Å². The molecular formula is C27H31N5O4. The van der Waals surface area contributed by atoms with E-state index in [1.807, 2.05) is 52.3 Å². The second-order valence-corrected chi connectivity index (χ2v) is 9.41. The molecule has 5 rings (SSSR count). The Kier molecular flexibility index (Phi) is 7.39. The zero-order chi connectivity index (χ0) is 24.9. The van der Waals surface area contributed by atoms with Crippen molar-refractivity contribution in [3.05, 3.63) is 71.6 Å². The number of likely N-dealkylation sites (tertiary alicyclic amines) is 1. The molecule has 36 heavy (non-hydrogen) atoms. The largest absolute Gasteiger partial charge is 0.375 e. The molecule has 2 aliphatic rings. The van der Waals surface area contributed by atoms with E-state index in [2.05, 4.69) is 27.2 Å². The van der Waals surface area contributed by atoms with E-state index in [-0.39, 0.29) is 24.3 Å². The van der Waals surface area contributed by atoms with Gasteiger partial charge in [-0.2, -0.15) is 4.98 Å². The highest BCUT2D eigenvalue weighted by molar-refractivity contribution is 5.89. The lowest BCUT2D eigenvalue weighted by molar-refractivity contribution is -0.137. The molecule has 0 radical (unpaired) electrons. The lowest BCUT2D eigenvalue weighted by Gasteiger charge is -2.36. The Morgan fingerprint density at radius 1 is 1.03 bits per heavy atom. The van der Waals surface area contributed by atoms with Crippen molar-refractivity contribution in [1.82, 2.24) is 24.8 Å². The van der Waals surface area contributed by atoms with E-state index in [4.69, 9.17) is 9.26 Å². The Balaban J connectivity index is 1.12. The van der Waals surface area contributed by atoms with E-state index in [9.17, 15) is 9.59 Å². The molecule has 0 spiro atoms. The van der Waals surface area contributed by atoms with Crippen LogP contribution in [0.2, 0.25) is 0 Å². The van der Waals surface area contributed by atoms with Crippen LogP contribution >= 0.6 is 0 Å². The van der Waals surface area contributed by atoms with Gasteiger partial charge in [0.05, 0.1) is 5.92 Å². The number of methoxy groups -OCH3 is 1. The minimum atomic E-state index is -0.248. The zero-order valence-electron chi connectivity index (χ0n) is 20.5. The molecule has 0 saturated carbocycles. The Labute approximate surface area is 210 Å². The van der Waals surface area contributed by atoms with E-state index in [1.165, 1.54) is 0 Å². The number of hydrogen-bond acceptors (Lipinski definition) is 7. The quantitative estimate of drug-likeness (QED) is 0.480. The second kappa shape index (κ2) is 11.0. The van der Waals surface area contributed by atoms with Crippen LogP contribution < -0.4 is 0 Å². The fourth-order valence-corrected chi connectivity index (χ4v) is 4.90. The number of piperazine rings is 1. The number of benzene rings is 2. The summed E-state index contributed by atoms with van der Waals surface area (Å²) in [7, 11) is 1.59. The Morgan fingerprint density at radius 3 is 2.58 bits per heavy atom. The van der Waals surface area contributed by atoms with E-state index >= 15 is 0 Å². The fourth-order valence-electron chi connectivity index (χ4n) is 4.90. The summed E-state index contributed by atoms with van der Waals surface area (Å²) in [6, 6.07) is 18.0. The normalized spacial score (nSPS) is 18.7. The van der Waals surface area contributed by atoms with Crippen molar-refractivity contribution < 1.29 is 18.8 Å². The van der Waals surface area contributed by atoms with Crippen LogP contribution in [0.4, 0.5) is 0 Å². The summed E-state index contributed by atoms with van der Waals surface area (Å²) >= 11 is 0. The van der Waals surface area contributed by atoms with E-state index in [0.717, 1.165) is 36.3 Å². The predicted octanol–water partition coefficient (Wildman–Crippen LogP) is 2.58. The standard InChI is InChI=1S/C27H31N5O4/c1-35-19-24-28-26(29-36-24)22-9-5-8-21(14-22)16-30-10-12-31(13-11-30)27(34)23-15-25(33)32(18-23)17-20-6-3-2-4-7-20/h2-9,14,23H,10-13,15-19H2,1H3. The van der Waals surface area contributed by atoms with Crippen molar-refractivity contribution in [3.8, 4) is 11.4 Å². The van der Waals surface area contributed by atoms with Crippen molar-refractivity contribution in [2.75, 3.05) is 39.8 Å². The van der Waals surface area contributed by atoms with Gasteiger partial charge in [0.1, 0.15) is 6.61 Å². The minimum absolute atomic E-state index is 0.0617. The van der Waals surface area contributed by atoms with Crippen molar-refractivity contribution in [3.63, 3.8) is 0 Å². The molecule has 9 nitrogen and oxygen atoms in total. The van der Waals surface area contributed by atoms with Crippen LogP contribution in [0.3, 0.4) is 0 Å². The van der Waals surface area contributed by atoms with Crippen LogP contribution in [-0.2, 0) is 34.0 Å². The van der Waals surface area contributed by atoms with Gasteiger partial charge in [-0.25, -0.2) is 0 Å². The molecule has 1 aromatic heterocycles. The van der Waals surface area contributed by atoms with E-state index in [0.29, 0.717) is 44.3 Å². The highest BCUT2D eigenvalue weighted by Gasteiger charge is 2.37. The van der Waals surface area contributed by atoms with Crippen LogP contribution in [0.15, 0.2) is 59.1 Å². The van der Waals surface area contributed by atoms with Gasteiger partial charge in [-0.1, -0.05) is 53.7 Å². The number of aromatic nitrogens is 2. The van der Waals surface area contributed by atoms with Gasteiger partial charge in [-0.15, -0.1) is 0 Å². The highest BCUT2D eigenvalue weighted by Crippen LogP contribution is 2.24. The van der Waals surface area contributed by atoms with Crippen molar-refractivity contribution in [1.29, 1.82) is 0 Å². The molecular weight excluding hydrogens is 458 g/mol. The van der Waals surface area contributed by atoms with Crippen LogP contribution in [0.25, 0.3) is 11.4 Å². The fraction of sp³-hybridized carbons (Fsp3) is 0.407. The molecule has 2 amide bonds. The number of ether oxygens (including phenoxy) is 1. The van der Waals surface area contributed by atoms with Crippen LogP contribution in [0.5, 0.6) is 0 Å². The predicted molar refractivity (Wildman–Crippen MR) is 132 cm³/mol. The number of amides is 2. The lowest BCUT2D eigenvalue weighted by atomic mass is 10.1. The number of carbonyl (C=O) groups excluding carboxylic acids is 2. The molecule has 1 unspecified atom stereocenters. The molecule has 3 heterocycles. The summed E-state index contributed by atoms with van der Waals surface area (Å²) in [5, 5.41) is 4.04. The van der Waals surface area contributed by atoms with Crippen molar-refractivity contribution in [2.24, 2.45) is 5.92 Å². The molecule has 9 heteroatoms. The van der Waals surface area contributed by atoms with Crippen LogP contribution in [0.1, 0.15) is 23.4 Å². The van der Waals surface area contributed by atoms with Gasteiger partial charge in [0.2, 0.25) is 17.6 Å². The maximum Gasteiger partial charge on any atom is 0.252 e. The first-order valence-electron chi connectivity index (χ1n) is 12.3. The summed E-state index contributed by atoms with van der Waals surface area (Å²) < 4.78 is 10.3. The molecule has 0 bridgehead atoms. The number of carbonyl (C=O) groups is 2. The Bertz CT molecular complexity index is 1190. The molecule has 2 fully saturated rings. The van der Waals surface area contributed by atoms with Crippen molar-refractivity contribution >= 4 is 11.8 Å². The summed E-state index contributed by atoms with van der Waals surface area (Å²) in [5.41, 5.74) is 3.15. The number of nitrogens with zero attached hydrogens (tertiary/aromatic N) is 5. The summed E-state index contributed by atoms with van der Waals surface area (Å²) in [6.07, 6.45) is 0.306. The first kappa shape index (κ1) is 24.1. The molecule has 3 aromatic rings. The van der Waals surface area contributed by atoms with Gasteiger partial charge in [0.25, 0.3) is 5.89 Å². The van der Waals surface area contributed by atoms with Gasteiger partial charge < -0.3 is 19.1 Å². The van der Waals surface area contributed by atoms with Gasteiger partial charge in [0.15, 0.2) is 0 Å². The molecule has 2 aromatic carbocycles. The van der Waals surface area contributed by atoms with Gasteiger partial charge in [-0.05, 0) is 17.2 Å². The summed E-state index contributed by atoms with van der Waals surface area (Å²) in [6.45, 7) is 5.08. The first-order valence-corrected chi connectivity index (χ1v) is 12.3. The molecule has 188 valence electrons. The Morgan fingerprint density at radius 2 is 1.81 bits per heavy atom. The smallest absolute Gasteiger partial charge is 0.252 e. The maximum atomic E-state index is 13.2. The summed E-state index contributed by atoms with van der Waals surface area (Å²) in [5.74, 6) is 0.913. The third-order valence-electron chi connectivity index (χ3n) is 6.79. The van der Waals surface area contributed by atoms with Crippen LogP contribution in [0, 0.1) is 5.92 Å². The number of hydrogen-bond donors (Lipinski definition) is 0. The molecule has 2 aliphatic heterocycles. The highest BCUT2D eigenvalue weighted by atomic mass is 16.5. The van der Waals surface area contributed by atoms with E-state index in [1.54, 1.807) is 7.11 Å². The molecule has 0 aliphatic carbocycles. The topological polar surface area (TPSA) is 92.0 Å². The third-order valence-corrected chi connectivity index (χ3v) is 6.79. The van der Waals surface area contributed by atoms with Crippen molar-refractivity contribution in [2.45, 2.75) is 26.1 Å².